The monoisotopic (exact) mass is 500 g/mol. The third-order valence-electron chi connectivity index (χ3n) is 5.91. The van der Waals surface area contributed by atoms with Gasteiger partial charge in [0.2, 0.25) is 0 Å². The normalized spacial score (nSPS) is 16.5. The summed E-state index contributed by atoms with van der Waals surface area (Å²) in [7, 11) is 1.52. The van der Waals surface area contributed by atoms with Gasteiger partial charge in [0.1, 0.15) is 18.1 Å². The Kier molecular flexibility index (Phi) is 7.88. The Hall–Kier alpha value is -4.59. The Morgan fingerprint density at radius 3 is 2.54 bits per heavy atom. The molecule has 1 amide bonds. The van der Waals surface area contributed by atoms with Crippen molar-refractivity contribution in [1.82, 2.24) is 9.88 Å². The smallest absolute Gasteiger partial charge is 0.295 e. The van der Waals surface area contributed by atoms with Crippen molar-refractivity contribution in [2.24, 2.45) is 0 Å². The first-order valence-electron chi connectivity index (χ1n) is 11.8. The van der Waals surface area contributed by atoms with Crippen LogP contribution in [0.1, 0.15) is 29.7 Å². The molecule has 1 aromatic heterocycles. The van der Waals surface area contributed by atoms with E-state index in [1.165, 1.54) is 12.0 Å². The molecule has 1 atom stereocenters. The number of hydrogen-bond acceptors (Lipinski definition) is 7. The number of rotatable bonds is 10. The van der Waals surface area contributed by atoms with Gasteiger partial charge >= 0.3 is 0 Å². The van der Waals surface area contributed by atoms with E-state index in [0.717, 1.165) is 5.56 Å². The van der Waals surface area contributed by atoms with Crippen LogP contribution >= 0.6 is 0 Å². The standard InChI is InChI=1S/C29H28N2O6/c1-4-15-37-22-11-8-20(9-12-22)27(32)25-26(21-10-13-23(36-5-2)24(16-21)35-3)31(29(34)28(25)33)18-19-7-6-14-30-17-19/h4,6-14,16-17,26,32H,1,5,15,18H2,2-3H3. The van der Waals surface area contributed by atoms with E-state index in [9.17, 15) is 14.7 Å². The van der Waals surface area contributed by atoms with Crippen LogP contribution < -0.4 is 14.2 Å². The third-order valence-corrected chi connectivity index (χ3v) is 5.91. The lowest BCUT2D eigenvalue weighted by molar-refractivity contribution is -0.140. The average Bonchev–Trinajstić information content (AvgIpc) is 3.17. The quantitative estimate of drug-likeness (QED) is 0.187. The van der Waals surface area contributed by atoms with Gasteiger partial charge in [-0.2, -0.15) is 0 Å². The molecule has 0 radical (unpaired) electrons. The summed E-state index contributed by atoms with van der Waals surface area (Å²) in [6.07, 6.45) is 4.90. The Morgan fingerprint density at radius 1 is 1.11 bits per heavy atom. The van der Waals surface area contributed by atoms with Crippen LogP contribution in [0.25, 0.3) is 5.76 Å². The van der Waals surface area contributed by atoms with Crippen LogP contribution in [-0.2, 0) is 16.1 Å². The molecule has 0 spiro atoms. The van der Waals surface area contributed by atoms with Crippen molar-refractivity contribution in [1.29, 1.82) is 0 Å². The van der Waals surface area contributed by atoms with Crippen molar-refractivity contribution in [2.75, 3.05) is 20.3 Å². The lowest BCUT2D eigenvalue weighted by Crippen LogP contribution is -2.29. The van der Waals surface area contributed by atoms with Gasteiger partial charge in [-0.15, -0.1) is 0 Å². The minimum atomic E-state index is -0.860. The van der Waals surface area contributed by atoms with Gasteiger partial charge in [-0.3, -0.25) is 14.6 Å². The van der Waals surface area contributed by atoms with E-state index in [2.05, 4.69) is 11.6 Å². The van der Waals surface area contributed by atoms with Gasteiger partial charge in [-0.1, -0.05) is 24.8 Å². The fourth-order valence-corrected chi connectivity index (χ4v) is 4.23. The number of aromatic nitrogens is 1. The Labute approximate surface area is 215 Å². The molecule has 4 rings (SSSR count). The summed E-state index contributed by atoms with van der Waals surface area (Å²) in [5.41, 5.74) is 1.71. The molecule has 1 aliphatic rings. The first-order valence-corrected chi connectivity index (χ1v) is 11.8. The van der Waals surface area contributed by atoms with E-state index < -0.39 is 17.7 Å². The highest BCUT2D eigenvalue weighted by atomic mass is 16.5. The number of likely N-dealkylation sites (tertiary alicyclic amines) is 1. The number of carbonyl (C=O) groups is 2. The SMILES string of the molecule is C=CCOc1ccc(C(O)=C2C(=O)C(=O)N(Cc3cccnc3)C2c2ccc(OCC)c(OC)c2)cc1. The highest BCUT2D eigenvalue weighted by Crippen LogP contribution is 2.42. The molecule has 1 aliphatic heterocycles. The van der Waals surface area contributed by atoms with E-state index >= 15 is 0 Å². The van der Waals surface area contributed by atoms with Crippen LogP contribution in [0.15, 0.2) is 85.2 Å². The van der Waals surface area contributed by atoms with Crippen LogP contribution in [0.4, 0.5) is 0 Å². The van der Waals surface area contributed by atoms with Gasteiger partial charge in [0.15, 0.2) is 11.5 Å². The molecule has 2 aromatic carbocycles. The number of amides is 1. The first-order chi connectivity index (χ1) is 18.0. The number of aliphatic hydroxyl groups is 1. The number of carbonyl (C=O) groups excluding carboxylic acids is 2. The first kappa shape index (κ1) is 25.5. The number of nitrogens with zero attached hydrogens (tertiary/aromatic N) is 2. The molecule has 0 bridgehead atoms. The van der Waals surface area contributed by atoms with Gasteiger partial charge in [0.05, 0.1) is 25.3 Å². The summed E-state index contributed by atoms with van der Waals surface area (Å²) in [6.45, 7) is 6.40. The summed E-state index contributed by atoms with van der Waals surface area (Å²) >= 11 is 0. The summed E-state index contributed by atoms with van der Waals surface area (Å²) in [5.74, 6) is -0.190. The van der Waals surface area contributed by atoms with Crippen LogP contribution in [0, 0.1) is 0 Å². The maximum atomic E-state index is 13.3. The zero-order chi connectivity index (χ0) is 26.4. The van der Waals surface area contributed by atoms with E-state index in [0.29, 0.717) is 41.6 Å². The predicted octanol–water partition coefficient (Wildman–Crippen LogP) is 4.68. The number of ketones is 1. The second kappa shape index (κ2) is 11.4. The number of hydrogen-bond donors (Lipinski definition) is 1. The second-order valence-corrected chi connectivity index (χ2v) is 8.26. The molecule has 2 heterocycles. The van der Waals surface area contributed by atoms with Crippen molar-refractivity contribution < 1.29 is 28.9 Å². The maximum Gasteiger partial charge on any atom is 0.295 e. The lowest BCUT2D eigenvalue weighted by Gasteiger charge is -2.26. The molecule has 0 saturated carbocycles. The van der Waals surface area contributed by atoms with E-state index in [1.807, 2.05) is 13.0 Å². The molecule has 8 heteroatoms. The van der Waals surface area contributed by atoms with Gasteiger partial charge in [0, 0.05) is 24.5 Å². The number of benzene rings is 2. The van der Waals surface area contributed by atoms with Crippen LogP contribution in [-0.4, -0.2) is 47.0 Å². The molecule has 8 nitrogen and oxygen atoms in total. The van der Waals surface area contributed by atoms with Crippen LogP contribution in [0.2, 0.25) is 0 Å². The molecule has 1 N–H and O–H groups in total. The molecule has 1 saturated heterocycles. The molecular weight excluding hydrogens is 472 g/mol. The highest BCUT2D eigenvalue weighted by molar-refractivity contribution is 6.46. The fraction of sp³-hybridized carbons (Fsp3) is 0.207. The zero-order valence-corrected chi connectivity index (χ0v) is 20.7. The van der Waals surface area contributed by atoms with Gasteiger partial charge in [0.25, 0.3) is 11.7 Å². The van der Waals surface area contributed by atoms with E-state index in [1.54, 1.807) is 67.0 Å². The highest BCUT2D eigenvalue weighted by Gasteiger charge is 2.46. The topological polar surface area (TPSA) is 98.2 Å². The Morgan fingerprint density at radius 2 is 1.89 bits per heavy atom. The number of methoxy groups -OCH3 is 1. The van der Waals surface area contributed by atoms with Crippen molar-refractivity contribution in [2.45, 2.75) is 19.5 Å². The summed E-state index contributed by atoms with van der Waals surface area (Å²) in [6, 6.07) is 14.6. The minimum Gasteiger partial charge on any atom is -0.507 e. The van der Waals surface area contributed by atoms with Crippen molar-refractivity contribution in [3.8, 4) is 17.2 Å². The maximum absolute atomic E-state index is 13.3. The molecule has 1 unspecified atom stereocenters. The fourth-order valence-electron chi connectivity index (χ4n) is 4.23. The Balaban J connectivity index is 1.82. The lowest BCUT2D eigenvalue weighted by atomic mass is 9.94. The Bertz CT molecular complexity index is 1320. The number of Topliss-reactive ketones (excluding diaryl/α,β-unsaturated/α-hetero) is 1. The average molecular weight is 501 g/mol. The van der Waals surface area contributed by atoms with Gasteiger partial charge in [-0.05, 0) is 60.5 Å². The van der Waals surface area contributed by atoms with Gasteiger partial charge < -0.3 is 24.2 Å². The predicted molar refractivity (Wildman–Crippen MR) is 138 cm³/mol. The van der Waals surface area contributed by atoms with Crippen molar-refractivity contribution in [3.63, 3.8) is 0 Å². The molecule has 3 aromatic rings. The second-order valence-electron chi connectivity index (χ2n) is 8.26. The third kappa shape index (κ3) is 5.33. The summed E-state index contributed by atoms with van der Waals surface area (Å²) in [5, 5.41) is 11.3. The molecule has 190 valence electrons. The molecule has 0 aliphatic carbocycles. The number of aliphatic hydroxyl groups excluding tert-OH is 1. The summed E-state index contributed by atoms with van der Waals surface area (Å²) in [4.78, 5) is 32.1. The van der Waals surface area contributed by atoms with E-state index in [-0.39, 0.29) is 17.9 Å². The van der Waals surface area contributed by atoms with Crippen LogP contribution in [0.5, 0.6) is 17.2 Å². The van der Waals surface area contributed by atoms with Crippen molar-refractivity contribution >= 4 is 17.4 Å². The number of pyridine rings is 1. The molecular formula is C29H28N2O6. The van der Waals surface area contributed by atoms with Crippen LogP contribution in [0.3, 0.4) is 0 Å². The largest absolute Gasteiger partial charge is 0.507 e. The molecule has 37 heavy (non-hydrogen) atoms. The number of ether oxygens (including phenoxy) is 3. The minimum absolute atomic E-state index is 0.0140. The van der Waals surface area contributed by atoms with Crippen molar-refractivity contribution in [3.05, 3.63) is 102 Å². The van der Waals surface area contributed by atoms with Gasteiger partial charge in [-0.25, -0.2) is 0 Å². The van der Waals surface area contributed by atoms with E-state index in [4.69, 9.17) is 14.2 Å². The summed E-state index contributed by atoms with van der Waals surface area (Å²) < 4.78 is 16.6. The molecule has 1 fully saturated rings. The zero-order valence-electron chi connectivity index (χ0n) is 20.7.